The zero-order valence-corrected chi connectivity index (χ0v) is 8.37. The standard InChI is InChI=1S/C11H12F2O2/c1-14-8-3-2-4-9(15-11(12)13)10(8)7-5-6-7/h2-4,7,11H,5-6H2,1H3. The molecule has 0 radical (unpaired) electrons. The third kappa shape index (κ3) is 2.19. The van der Waals surface area contributed by atoms with Crippen molar-refractivity contribution in [3.63, 3.8) is 0 Å². The highest BCUT2D eigenvalue weighted by Crippen LogP contribution is 2.48. The second-order valence-electron chi connectivity index (χ2n) is 3.52. The first kappa shape index (κ1) is 10.2. The van der Waals surface area contributed by atoms with Crippen molar-refractivity contribution in [2.45, 2.75) is 25.4 Å². The third-order valence-electron chi connectivity index (χ3n) is 2.45. The van der Waals surface area contributed by atoms with Crippen LogP contribution in [0.2, 0.25) is 0 Å². The van der Waals surface area contributed by atoms with Gasteiger partial charge >= 0.3 is 6.61 Å². The zero-order chi connectivity index (χ0) is 10.8. The van der Waals surface area contributed by atoms with Crippen LogP contribution in [0.1, 0.15) is 24.3 Å². The fourth-order valence-corrected chi connectivity index (χ4v) is 1.68. The van der Waals surface area contributed by atoms with Crippen LogP contribution in [0.15, 0.2) is 18.2 Å². The van der Waals surface area contributed by atoms with Gasteiger partial charge in [0.15, 0.2) is 0 Å². The van der Waals surface area contributed by atoms with E-state index in [4.69, 9.17) is 4.74 Å². The van der Waals surface area contributed by atoms with Crippen LogP contribution < -0.4 is 9.47 Å². The summed E-state index contributed by atoms with van der Waals surface area (Å²) in [7, 11) is 1.54. The number of ether oxygens (including phenoxy) is 2. The zero-order valence-electron chi connectivity index (χ0n) is 8.37. The van der Waals surface area contributed by atoms with Crippen LogP contribution in [-0.2, 0) is 0 Å². The second kappa shape index (κ2) is 4.04. The molecule has 0 aliphatic heterocycles. The molecule has 0 spiro atoms. The molecule has 82 valence electrons. The van der Waals surface area contributed by atoms with Crippen molar-refractivity contribution in [1.82, 2.24) is 0 Å². The van der Waals surface area contributed by atoms with E-state index in [1.807, 2.05) is 0 Å². The molecule has 2 nitrogen and oxygen atoms in total. The molecule has 0 amide bonds. The predicted octanol–water partition coefficient (Wildman–Crippen LogP) is 3.17. The van der Waals surface area contributed by atoms with E-state index in [0.717, 1.165) is 18.4 Å². The van der Waals surface area contributed by atoms with Gasteiger partial charge in [0.1, 0.15) is 11.5 Å². The highest BCUT2D eigenvalue weighted by Gasteiger charge is 2.30. The fourth-order valence-electron chi connectivity index (χ4n) is 1.68. The average molecular weight is 214 g/mol. The maximum atomic E-state index is 12.2. The summed E-state index contributed by atoms with van der Waals surface area (Å²) in [4.78, 5) is 0. The number of alkyl halides is 2. The molecule has 4 heteroatoms. The van der Waals surface area contributed by atoms with Crippen LogP contribution in [0.5, 0.6) is 11.5 Å². The Labute approximate surface area is 86.8 Å². The van der Waals surface area contributed by atoms with Crippen LogP contribution in [0.3, 0.4) is 0 Å². The van der Waals surface area contributed by atoms with E-state index < -0.39 is 6.61 Å². The summed E-state index contributed by atoms with van der Waals surface area (Å²) < 4.78 is 33.9. The summed E-state index contributed by atoms with van der Waals surface area (Å²) in [5.41, 5.74) is 0.778. The van der Waals surface area contributed by atoms with Crippen molar-refractivity contribution in [3.8, 4) is 11.5 Å². The van der Waals surface area contributed by atoms with Crippen molar-refractivity contribution in [3.05, 3.63) is 23.8 Å². The van der Waals surface area contributed by atoms with Crippen molar-refractivity contribution >= 4 is 0 Å². The molecule has 1 aromatic rings. The Morgan fingerprint density at radius 2 is 1.93 bits per heavy atom. The first-order valence-corrected chi connectivity index (χ1v) is 4.84. The quantitative estimate of drug-likeness (QED) is 0.766. The van der Waals surface area contributed by atoms with Crippen LogP contribution in [0, 0.1) is 0 Å². The molecule has 0 N–H and O–H groups in total. The summed E-state index contributed by atoms with van der Waals surface area (Å²) in [6.45, 7) is -2.78. The molecule has 2 rings (SSSR count). The number of rotatable bonds is 4. The Morgan fingerprint density at radius 1 is 1.27 bits per heavy atom. The Morgan fingerprint density at radius 3 is 2.47 bits per heavy atom. The number of hydrogen-bond donors (Lipinski definition) is 0. The molecule has 15 heavy (non-hydrogen) atoms. The summed E-state index contributed by atoms with van der Waals surface area (Å²) in [6, 6.07) is 4.98. The molecule has 0 saturated heterocycles. The van der Waals surface area contributed by atoms with Gasteiger partial charge in [0.05, 0.1) is 7.11 Å². The van der Waals surface area contributed by atoms with Gasteiger partial charge in [-0.1, -0.05) is 6.07 Å². The molecule has 0 aromatic heterocycles. The van der Waals surface area contributed by atoms with Gasteiger partial charge in [-0.15, -0.1) is 0 Å². The molecule has 0 bridgehead atoms. The smallest absolute Gasteiger partial charge is 0.387 e. The minimum Gasteiger partial charge on any atom is -0.496 e. The van der Waals surface area contributed by atoms with Crippen LogP contribution in [-0.4, -0.2) is 13.7 Å². The monoisotopic (exact) mass is 214 g/mol. The summed E-state index contributed by atoms with van der Waals surface area (Å²) in [5, 5.41) is 0. The lowest BCUT2D eigenvalue weighted by Crippen LogP contribution is -2.05. The number of benzene rings is 1. The largest absolute Gasteiger partial charge is 0.496 e. The maximum absolute atomic E-state index is 12.2. The highest BCUT2D eigenvalue weighted by atomic mass is 19.3. The lowest BCUT2D eigenvalue weighted by molar-refractivity contribution is -0.0505. The van der Waals surface area contributed by atoms with Gasteiger partial charge in [0, 0.05) is 5.56 Å². The van der Waals surface area contributed by atoms with E-state index in [1.54, 1.807) is 18.2 Å². The summed E-state index contributed by atoms with van der Waals surface area (Å²) in [6.07, 6.45) is 2.03. The Bertz CT molecular complexity index is 348. The maximum Gasteiger partial charge on any atom is 0.387 e. The molecule has 0 heterocycles. The second-order valence-corrected chi connectivity index (χ2v) is 3.52. The van der Waals surface area contributed by atoms with E-state index in [-0.39, 0.29) is 5.75 Å². The molecule has 1 aliphatic rings. The Hall–Kier alpha value is -1.32. The van der Waals surface area contributed by atoms with E-state index in [2.05, 4.69) is 4.74 Å². The fraction of sp³-hybridized carbons (Fsp3) is 0.455. The van der Waals surface area contributed by atoms with E-state index in [9.17, 15) is 8.78 Å². The van der Waals surface area contributed by atoms with Gasteiger partial charge in [-0.2, -0.15) is 8.78 Å². The van der Waals surface area contributed by atoms with Crippen molar-refractivity contribution in [1.29, 1.82) is 0 Å². The van der Waals surface area contributed by atoms with Crippen LogP contribution in [0.25, 0.3) is 0 Å². The number of hydrogen-bond acceptors (Lipinski definition) is 2. The summed E-state index contributed by atoms with van der Waals surface area (Å²) >= 11 is 0. The molecule has 0 unspecified atom stereocenters. The van der Waals surface area contributed by atoms with Gasteiger partial charge < -0.3 is 9.47 Å². The molecule has 1 fully saturated rings. The lowest BCUT2D eigenvalue weighted by atomic mass is 10.1. The normalized spacial score (nSPS) is 15.5. The van der Waals surface area contributed by atoms with Gasteiger partial charge in [-0.25, -0.2) is 0 Å². The Kier molecular flexibility index (Phi) is 2.75. The number of methoxy groups -OCH3 is 1. The summed E-state index contributed by atoms with van der Waals surface area (Å²) in [5.74, 6) is 1.19. The van der Waals surface area contributed by atoms with Gasteiger partial charge in [-0.05, 0) is 30.9 Å². The van der Waals surface area contributed by atoms with Crippen molar-refractivity contribution in [2.75, 3.05) is 7.11 Å². The minimum atomic E-state index is -2.78. The molecule has 1 saturated carbocycles. The topological polar surface area (TPSA) is 18.5 Å². The van der Waals surface area contributed by atoms with E-state index in [0.29, 0.717) is 11.7 Å². The molecular formula is C11H12F2O2. The van der Waals surface area contributed by atoms with Crippen LogP contribution >= 0.6 is 0 Å². The predicted molar refractivity (Wildman–Crippen MR) is 51.6 cm³/mol. The SMILES string of the molecule is COc1cccc(OC(F)F)c1C1CC1. The van der Waals surface area contributed by atoms with Gasteiger partial charge in [0.25, 0.3) is 0 Å². The first-order valence-electron chi connectivity index (χ1n) is 4.84. The molecule has 1 aromatic carbocycles. The average Bonchev–Trinajstić information content (AvgIpc) is 3.00. The third-order valence-corrected chi connectivity index (χ3v) is 2.45. The number of halogens is 2. The minimum absolute atomic E-state index is 0.242. The Balaban J connectivity index is 2.34. The first-order chi connectivity index (χ1) is 7.22. The van der Waals surface area contributed by atoms with Crippen molar-refractivity contribution < 1.29 is 18.3 Å². The molecular weight excluding hydrogens is 202 g/mol. The van der Waals surface area contributed by atoms with E-state index in [1.165, 1.54) is 7.11 Å². The molecule has 0 atom stereocenters. The molecule has 1 aliphatic carbocycles. The van der Waals surface area contributed by atoms with Crippen molar-refractivity contribution in [2.24, 2.45) is 0 Å². The van der Waals surface area contributed by atoms with E-state index >= 15 is 0 Å². The lowest BCUT2D eigenvalue weighted by Gasteiger charge is -2.13. The van der Waals surface area contributed by atoms with Crippen LogP contribution in [0.4, 0.5) is 8.78 Å². The highest BCUT2D eigenvalue weighted by molar-refractivity contribution is 5.49. The van der Waals surface area contributed by atoms with Gasteiger partial charge in [0.2, 0.25) is 0 Å². The van der Waals surface area contributed by atoms with Gasteiger partial charge in [-0.3, -0.25) is 0 Å².